The lowest BCUT2D eigenvalue weighted by Crippen LogP contribution is -2.20. The molecule has 1 unspecified atom stereocenters. The van der Waals surface area contributed by atoms with Crippen molar-refractivity contribution in [1.82, 2.24) is 0 Å². The van der Waals surface area contributed by atoms with Crippen molar-refractivity contribution >= 4 is 24.4 Å². The van der Waals surface area contributed by atoms with Crippen molar-refractivity contribution in [2.45, 2.75) is 12.1 Å². The maximum Gasteiger partial charge on any atom is 0.196 e. The second kappa shape index (κ2) is 9.86. The van der Waals surface area contributed by atoms with Crippen molar-refractivity contribution < 1.29 is 4.74 Å². The lowest BCUT2D eigenvalue weighted by atomic mass is 9.97. The van der Waals surface area contributed by atoms with E-state index in [0.29, 0.717) is 0 Å². The third kappa shape index (κ3) is 4.38. The first kappa shape index (κ1) is 21.8. The van der Waals surface area contributed by atoms with Crippen LogP contribution in [0.1, 0.15) is 23.3 Å². The van der Waals surface area contributed by atoms with Crippen LogP contribution in [0.2, 0.25) is 0 Å². The molecule has 4 aromatic rings. The molecule has 1 heterocycles. The number of benzene rings is 4. The maximum atomic E-state index is 6.72. The lowest BCUT2D eigenvalue weighted by molar-refractivity contribution is 0.190. The average molecular weight is 472 g/mol. The van der Waals surface area contributed by atoms with E-state index in [1.165, 1.54) is 21.5 Å². The summed E-state index contributed by atoms with van der Waals surface area (Å²) in [6, 6.07) is 42.6. The van der Waals surface area contributed by atoms with Crippen LogP contribution >= 0.6 is 7.92 Å². The summed E-state index contributed by atoms with van der Waals surface area (Å²) in [5, 5.41) is 4.04. The Labute approximate surface area is 208 Å². The van der Waals surface area contributed by atoms with Gasteiger partial charge in [0.1, 0.15) is 6.04 Å². The molecule has 2 aliphatic rings. The van der Waals surface area contributed by atoms with Crippen LogP contribution in [-0.4, -0.2) is 5.90 Å². The van der Waals surface area contributed by atoms with Gasteiger partial charge in [-0.1, -0.05) is 140 Å². The van der Waals surface area contributed by atoms with Gasteiger partial charge in [0.15, 0.2) is 12.0 Å². The van der Waals surface area contributed by atoms with Crippen molar-refractivity contribution in [3.05, 3.63) is 156 Å². The molecule has 0 fully saturated rings. The zero-order valence-corrected chi connectivity index (χ0v) is 20.2. The Morgan fingerprint density at radius 3 is 1.69 bits per heavy atom. The van der Waals surface area contributed by atoms with E-state index in [4.69, 9.17) is 9.73 Å². The molecule has 1 aliphatic carbocycles. The number of hydrogen-bond donors (Lipinski definition) is 0. The van der Waals surface area contributed by atoms with E-state index in [1.807, 2.05) is 6.07 Å². The van der Waals surface area contributed by atoms with Gasteiger partial charge in [-0.25, -0.2) is 4.99 Å². The highest BCUT2D eigenvalue weighted by molar-refractivity contribution is 7.76. The molecule has 35 heavy (non-hydrogen) atoms. The summed E-state index contributed by atoms with van der Waals surface area (Å²) < 4.78 is 6.72. The fraction of sp³-hybridized carbons (Fsp3) is 0.0938. The molecule has 2 nitrogen and oxygen atoms in total. The van der Waals surface area contributed by atoms with Gasteiger partial charge in [-0.15, -0.1) is 0 Å². The predicted molar refractivity (Wildman–Crippen MR) is 147 cm³/mol. The topological polar surface area (TPSA) is 21.6 Å². The van der Waals surface area contributed by atoms with Crippen molar-refractivity contribution in [3.8, 4) is 0 Å². The van der Waals surface area contributed by atoms with Crippen LogP contribution in [0.4, 0.5) is 0 Å². The Bertz CT molecular complexity index is 1330. The monoisotopic (exact) mass is 471 g/mol. The molecule has 0 aromatic heterocycles. The Hall–Kier alpha value is -3.74. The molecule has 0 N–H and O–H groups in total. The van der Waals surface area contributed by atoms with E-state index in [2.05, 4.69) is 133 Å². The third-order valence-corrected chi connectivity index (χ3v) is 9.08. The SMILES string of the molecule is C1=CC(C2=N[C@H](c3ccccc3)[C@@H](c3ccccc3)O2)C(P(c2ccccc2)c2ccccc2)=C1. The predicted octanol–water partition coefficient (Wildman–Crippen LogP) is 7.10. The Kier molecular flexibility index (Phi) is 6.13. The van der Waals surface area contributed by atoms with Crippen molar-refractivity contribution in [3.63, 3.8) is 0 Å². The highest BCUT2D eigenvalue weighted by Crippen LogP contribution is 2.51. The fourth-order valence-electron chi connectivity index (χ4n) is 4.87. The zero-order chi connectivity index (χ0) is 23.5. The molecular weight excluding hydrogens is 445 g/mol. The Balaban J connectivity index is 1.39. The van der Waals surface area contributed by atoms with Gasteiger partial charge in [0.2, 0.25) is 0 Å². The molecule has 0 amide bonds. The number of aliphatic imine (C=N–C) groups is 1. The summed E-state index contributed by atoms with van der Waals surface area (Å²) in [7, 11) is -0.707. The molecule has 1 aliphatic heterocycles. The van der Waals surface area contributed by atoms with Gasteiger partial charge >= 0.3 is 0 Å². The van der Waals surface area contributed by atoms with Gasteiger partial charge in [0, 0.05) is 0 Å². The molecule has 0 saturated heterocycles. The lowest BCUT2D eigenvalue weighted by Gasteiger charge is -2.25. The van der Waals surface area contributed by atoms with E-state index in [-0.39, 0.29) is 18.1 Å². The number of nitrogens with zero attached hydrogens (tertiary/aromatic N) is 1. The van der Waals surface area contributed by atoms with Crippen LogP contribution in [0.3, 0.4) is 0 Å². The maximum absolute atomic E-state index is 6.72. The highest BCUT2D eigenvalue weighted by Gasteiger charge is 2.39. The minimum atomic E-state index is -0.707. The van der Waals surface area contributed by atoms with Crippen LogP contribution < -0.4 is 10.6 Å². The molecule has 0 bridgehead atoms. The molecule has 3 atom stereocenters. The van der Waals surface area contributed by atoms with Crippen LogP contribution in [0.5, 0.6) is 0 Å². The van der Waals surface area contributed by atoms with E-state index in [1.54, 1.807) is 0 Å². The number of ether oxygens (including phenoxy) is 1. The largest absolute Gasteiger partial charge is 0.469 e. The second-order valence-electron chi connectivity index (χ2n) is 8.73. The van der Waals surface area contributed by atoms with Gasteiger partial charge in [-0.05, 0) is 35.0 Å². The molecule has 3 heteroatoms. The molecule has 170 valence electrons. The molecular formula is C32H26NOP. The van der Waals surface area contributed by atoms with Crippen LogP contribution in [0.25, 0.3) is 0 Å². The van der Waals surface area contributed by atoms with Crippen LogP contribution in [0.15, 0.2) is 150 Å². The normalized spacial score (nSPS) is 21.0. The van der Waals surface area contributed by atoms with Crippen molar-refractivity contribution in [2.75, 3.05) is 0 Å². The average Bonchev–Trinajstić information content (AvgIpc) is 3.59. The molecule has 0 spiro atoms. The first-order valence-electron chi connectivity index (χ1n) is 12.0. The highest BCUT2D eigenvalue weighted by atomic mass is 31.1. The second-order valence-corrected chi connectivity index (χ2v) is 11.0. The molecule has 0 saturated carbocycles. The number of allylic oxidation sites excluding steroid dienone is 2. The number of rotatable bonds is 6. The van der Waals surface area contributed by atoms with Gasteiger partial charge in [0.05, 0.1) is 5.92 Å². The van der Waals surface area contributed by atoms with Crippen molar-refractivity contribution in [2.24, 2.45) is 10.9 Å². The number of hydrogen-bond acceptors (Lipinski definition) is 2. The third-order valence-electron chi connectivity index (χ3n) is 6.51. The van der Waals surface area contributed by atoms with Gasteiger partial charge in [0.25, 0.3) is 0 Å². The Morgan fingerprint density at radius 1 is 0.600 bits per heavy atom. The first-order chi connectivity index (χ1) is 17.4. The minimum Gasteiger partial charge on any atom is -0.469 e. The molecule has 4 aromatic carbocycles. The minimum absolute atomic E-state index is 0.0291. The van der Waals surface area contributed by atoms with Gasteiger partial charge in [-0.2, -0.15) is 0 Å². The summed E-state index contributed by atoms with van der Waals surface area (Å²) in [6.07, 6.45) is 6.55. The quantitative estimate of drug-likeness (QED) is 0.275. The summed E-state index contributed by atoms with van der Waals surface area (Å²) >= 11 is 0. The fourth-order valence-corrected chi connectivity index (χ4v) is 7.41. The first-order valence-corrected chi connectivity index (χ1v) is 13.4. The summed E-state index contributed by atoms with van der Waals surface area (Å²) in [6.45, 7) is 0. The zero-order valence-electron chi connectivity index (χ0n) is 19.3. The summed E-state index contributed by atoms with van der Waals surface area (Å²) in [4.78, 5) is 5.23. The molecule has 0 radical (unpaired) electrons. The smallest absolute Gasteiger partial charge is 0.196 e. The summed E-state index contributed by atoms with van der Waals surface area (Å²) in [5.74, 6) is 0.841. The van der Waals surface area contributed by atoms with Crippen LogP contribution in [-0.2, 0) is 4.74 Å². The van der Waals surface area contributed by atoms with Crippen LogP contribution in [0, 0.1) is 5.92 Å². The van der Waals surface area contributed by atoms with E-state index >= 15 is 0 Å². The van der Waals surface area contributed by atoms with E-state index in [0.717, 1.165) is 11.5 Å². The van der Waals surface area contributed by atoms with Crippen molar-refractivity contribution in [1.29, 1.82) is 0 Å². The van der Waals surface area contributed by atoms with E-state index < -0.39 is 7.92 Å². The Morgan fingerprint density at radius 2 is 1.11 bits per heavy atom. The summed E-state index contributed by atoms with van der Waals surface area (Å²) in [5.41, 5.74) is 2.33. The van der Waals surface area contributed by atoms with E-state index in [9.17, 15) is 0 Å². The van der Waals surface area contributed by atoms with Gasteiger partial charge in [-0.3, -0.25) is 0 Å². The standard InChI is InChI=1S/C32H26NOP/c1-5-14-24(15-6-1)30-31(25-16-7-2-8-17-25)34-32(33-30)28-22-13-23-29(28)35(26-18-9-3-10-19-26)27-20-11-4-12-21-27/h1-23,28,30-31H/t28?,30-,31-/m1/s1. The van der Waals surface area contributed by atoms with Gasteiger partial charge < -0.3 is 4.74 Å². The molecule has 6 rings (SSSR count).